The van der Waals surface area contributed by atoms with E-state index >= 15 is 0 Å². The number of rotatable bonds is 3. The largest absolute Gasteiger partial charge is 0.433 e. The summed E-state index contributed by atoms with van der Waals surface area (Å²) in [6, 6.07) is 2.98. The minimum absolute atomic E-state index is 0.0864. The average Bonchev–Trinajstić information content (AvgIpc) is 2.78. The Kier molecular flexibility index (Phi) is 3.61. The summed E-state index contributed by atoms with van der Waals surface area (Å²) in [6.07, 6.45) is 0. The zero-order chi connectivity index (χ0) is 13.1. The van der Waals surface area contributed by atoms with Gasteiger partial charge in [0.15, 0.2) is 0 Å². The lowest BCUT2D eigenvalue weighted by Gasteiger charge is -2.33. The van der Waals surface area contributed by atoms with Crippen LogP contribution in [0.5, 0.6) is 0 Å². The van der Waals surface area contributed by atoms with Gasteiger partial charge in [-0.25, -0.2) is 0 Å². The highest BCUT2D eigenvalue weighted by Crippen LogP contribution is 2.17. The van der Waals surface area contributed by atoms with Crippen molar-refractivity contribution >= 4 is 11.8 Å². The number of carbonyl (C=O) groups excluding carboxylic acids is 1. The maximum absolute atomic E-state index is 11.2. The molecule has 1 aromatic heterocycles. The molecule has 1 amide bonds. The first-order valence-electron chi connectivity index (χ1n) is 5.77. The van der Waals surface area contributed by atoms with Gasteiger partial charge >= 0.3 is 5.88 Å². The molecule has 0 bridgehead atoms. The van der Waals surface area contributed by atoms with E-state index in [-0.39, 0.29) is 11.8 Å². The third-order valence-corrected chi connectivity index (χ3v) is 3.02. The highest BCUT2D eigenvalue weighted by molar-refractivity contribution is 5.73. The molecule has 0 atom stereocenters. The maximum atomic E-state index is 11.2. The highest BCUT2D eigenvalue weighted by Gasteiger charge is 2.20. The Balaban J connectivity index is 1.87. The molecule has 0 spiro atoms. The number of nitrogens with zero attached hydrogens (tertiary/aromatic N) is 3. The number of amides is 1. The maximum Gasteiger partial charge on any atom is 0.433 e. The van der Waals surface area contributed by atoms with Crippen LogP contribution < -0.4 is 0 Å². The molecule has 1 aliphatic heterocycles. The minimum atomic E-state index is -0.544. The van der Waals surface area contributed by atoms with Gasteiger partial charge in [0.25, 0.3) is 0 Å². The van der Waals surface area contributed by atoms with Crippen LogP contribution in [0.2, 0.25) is 0 Å². The van der Waals surface area contributed by atoms with Crippen molar-refractivity contribution in [2.75, 3.05) is 26.2 Å². The van der Waals surface area contributed by atoms with Crippen molar-refractivity contribution in [2.45, 2.75) is 13.5 Å². The van der Waals surface area contributed by atoms with Gasteiger partial charge in [0.05, 0.1) is 12.6 Å². The van der Waals surface area contributed by atoms with E-state index in [0.29, 0.717) is 25.4 Å². The molecule has 0 saturated carbocycles. The van der Waals surface area contributed by atoms with E-state index in [1.807, 2.05) is 0 Å². The molecule has 1 saturated heterocycles. The van der Waals surface area contributed by atoms with Gasteiger partial charge in [-0.2, -0.15) is 0 Å². The molecular formula is C11H15N3O4. The topological polar surface area (TPSA) is 79.8 Å². The molecule has 1 fully saturated rings. The second kappa shape index (κ2) is 5.18. The summed E-state index contributed by atoms with van der Waals surface area (Å²) in [5.41, 5.74) is 0. The summed E-state index contributed by atoms with van der Waals surface area (Å²) in [4.78, 5) is 25.0. The quantitative estimate of drug-likeness (QED) is 0.589. The van der Waals surface area contributed by atoms with Crippen molar-refractivity contribution in [3.05, 3.63) is 28.0 Å². The monoisotopic (exact) mass is 253 g/mol. The number of hydrogen-bond acceptors (Lipinski definition) is 5. The zero-order valence-corrected chi connectivity index (χ0v) is 10.2. The average molecular weight is 253 g/mol. The normalized spacial score (nSPS) is 16.8. The summed E-state index contributed by atoms with van der Waals surface area (Å²) >= 11 is 0. The van der Waals surface area contributed by atoms with E-state index in [4.69, 9.17) is 4.42 Å². The van der Waals surface area contributed by atoms with Crippen molar-refractivity contribution in [2.24, 2.45) is 0 Å². The number of furan rings is 1. The second-order valence-electron chi connectivity index (χ2n) is 4.28. The van der Waals surface area contributed by atoms with Crippen LogP contribution in [0, 0.1) is 10.1 Å². The molecule has 2 heterocycles. The van der Waals surface area contributed by atoms with Crippen LogP contribution in [0.4, 0.5) is 5.88 Å². The Bertz CT molecular complexity index is 449. The van der Waals surface area contributed by atoms with Gasteiger partial charge in [-0.3, -0.25) is 19.8 Å². The first-order chi connectivity index (χ1) is 8.56. The van der Waals surface area contributed by atoms with Crippen LogP contribution in [-0.4, -0.2) is 46.8 Å². The number of carbonyl (C=O) groups is 1. The lowest BCUT2D eigenvalue weighted by Crippen LogP contribution is -2.47. The number of piperazine rings is 1. The summed E-state index contributed by atoms with van der Waals surface area (Å²) in [5.74, 6) is 0.439. The molecule has 1 aromatic rings. The fraction of sp³-hybridized carbons (Fsp3) is 0.545. The molecule has 7 heteroatoms. The summed E-state index contributed by atoms with van der Waals surface area (Å²) < 4.78 is 5.10. The molecule has 0 radical (unpaired) electrons. The molecule has 0 aliphatic carbocycles. The van der Waals surface area contributed by atoms with Crippen LogP contribution >= 0.6 is 0 Å². The lowest BCUT2D eigenvalue weighted by molar-refractivity contribution is -0.402. The fourth-order valence-electron chi connectivity index (χ4n) is 1.99. The Morgan fingerprint density at radius 1 is 1.39 bits per heavy atom. The molecular weight excluding hydrogens is 238 g/mol. The van der Waals surface area contributed by atoms with Gasteiger partial charge in [-0.1, -0.05) is 0 Å². The molecule has 0 N–H and O–H groups in total. The van der Waals surface area contributed by atoms with Gasteiger partial charge < -0.3 is 9.32 Å². The van der Waals surface area contributed by atoms with E-state index in [0.717, 1.165) is 13.1 Å². The Labute approximate surface area is 104 Å². The van der Waals surface area contributed by atoms with Crippen molar-refractivity contribution in [3.63, 3.8) is 0 Å². The van der Waals surface area contributed by atoms with E-state index < -0.39 is 4.92 Å². The first-order valence-corrected chi connectivity index (χ1v) is 5.77. The van der Waals surface area contributed by atoms with E-state index in [1.165, 1.54) is 6.07 Å². The fourth-order valence-corrected chi connectivity index (χ4v) is 1.99. The van der Waals surface area contributed by atoms with Crippen LogP contribution in [-0.2, 0) is 11.3 Å². The molecule has 0 unspecified atom stereocenters. The Morgan fingerprint density at radius 3 is 2.56 bits per heavy atom. The van der Waals surface area contributed by atoms with Crippen LogP contribution in [0.1, 0.15) is 12.7 Å². The van der Waals surface area contributed by atoms with Crippen LogP contribution in [0.15, 0.2) is 16.5 Å². The third kappa shape index (κ3) is 2.86. The molecule has 98 valence electrons. The summed E-state index contributed by atoms with van der Waals surface area (Å²) in [6.45, 7) is 5.00. The standard InChI is InChI=1S/C11H15N3O4/c1-9(15)13-6-4-12(5-7-13)8-10-2-3-11(18-10)14(16)17/h2-3H,4-8H2,1H3. The first kappa shape index (κ1) is 12.6. The second-order valence-corrected chi connectivity index (χ2v) is 4.28. The molecule has 2 rings (SSSR count). The Morgan fingerprint density at radius 2 is 2.06 bits per heavy atom. The minimum Gasteiger partial charge on any atom is -0.404 e. The van der Waals surface area contributed by atoms with E-state index in [9.17, 15) is 14.9 Å². The lowest BCUT2D eigenvalue weighted by atomic mass is 10.3. The van der Waals surface area contributed by atoms with Gasteiger partial charge in [0.1, 0.15) is 10.7 Å². The molecule has 7 nitrogen and oxygen atoms in total. The van der Waals surface area contributed by atoms with Crippen molar-refractivity contribution in [1.82, 2.24) is 9.80 Å². The third-order valence-electron chi connectivity index (χ3n) is 3.02. The van der Waals surface area contributed by atoms with E-state index in [1.54, 1.807) is 17.9 Å². The smallest absolute Gasteiger partial charge is 0.404 e. The van der Waals surface area contributed by atoms with Crippen molar-refractivity contribution in [1.29, 1.82) is 0 Å². The highest BCUT2D eigenvalue weighted by atomic mass is 16.6. The van der Waals surface area contributed by atoms with Gasteiger partial charge in [0, 0.05) is 33.1 Å². The predicted molar refractivity (Wildman–Crippen MR) is 62.9 cm³/mol. The molecule has 18 heavy (non-hydrogen) atoms. The zero-order valence-electron chi connectivity index (χ0n) is 10.2. The van der Waals surface area contributed by atoms with Gasteiger partial charge in [-0.15, -0.1) is 0 Å². The van der Waals surface area contributed by atoms with Gasteiger partial charge in [-0.05, 0) is 6.07 Å². The number of nitro groups is 1. The van der Waals surface area contributed by atoms with E-state index in [2.05, 4.69) is 4.90 Å². The van der Waals surface area contributed by atoms with Gasteiger partial charge in [0.2, 0.25) is 5.91 Å². The number of hydrogen-bond donors (Lipinski definition) is 0. The summed E-state index contributed by atoms with van der Waals surface area (Å²) in [7, 11) is 0. The Hall–Kier alpha value is -1.89. The predicted octanol–water partition coefficient (Wildman–Crippen LogP) is 0.852. The molecule has 1 aliphatic rings. The van der Waals surface area contributed by atoms with Crippen molar-refractivity contribution < 1.29 is 14.1 Å². The van der Waals surface area contributed by atoms with Crippen LogP contribution in [0.3, 0.4) is 0 Å². The van der Waals surface area contributed by atoms with Crippen LogP contribution in [0.25, 0.3) is 0 Å². The molecule has 0 aromatic carbocycles. The SMILES string of the molecule is CC(=O)N1CCN(Cc2ccc([N+](=O)[O-])o2)CC1. The van der Waals surface area contributed by atoms with Crippen molar-refractivity contribution in [3.8, 4) is 0 Å². The summed E-state index contributed by atoms with van der Waals surface area (Å²) in [5, 5.41) is 10.5.